The van der Waals surface area contributed by atoms with Crippen LogP contribution < -0.4 is 21.3 Å². The lowest BCUT2D eigenvalue weighted by molar-refractivity contribution is 0.313. The summed E-state index contributed by atoms with van der Waals surface area (Å²) in [6.07, 6.45) is 2.55. The van der Waals surface area contributed by atoms with Gasteiger partial charge in [-0.05, 0) is 54.3 Å². The van der Waals surface area contributed by atoms with Gasteiger partial charge in [-0.1, -0.05) is 12.1 Å². The molecule has 0 aliphatic rings. The van der Waals surface area contributed by atoms with E-state index in [4.69, 9.17) is 10.5 Å². The van der Waals surface area contributed by atoms with Gasteiger partial charge in [0, 0.05) is 12.7 Å². The monoisotopic (exact) mass is 344 g/mol. The number of nitrogens with one attached hydrogen (secondary N) is 1. The molecule has 0 aliphatic carbocycles. The molecule has 7 heteroatoms. The maximum Gasteiger partial charge on any atom is 0.271 e. The molecule has 2 aromatic heterocycles. The highest BCUT2D eigenvalue weighted by Gasteiger charge is 2.07. The van der Waals surface area contributed by atoms with Crippen LogP contribution in [0.5, 0.6) is 5.75 Å². The average Bonchev–Trinajstić information content (AvgIpc) is 2.93. The van der Waals surface area contributed by atoms with Crippen molar-refractivity contribution in [1.82, 2.24) is 14.3 Å². The molecule has 0 radical (unpaired) electrons. The van der Waals surface area contributed by atoms with E-state index in [1.807, 2.05) is 24.3 Å². The molecule has 6 nitrogen and oxygen atoms in total. The molecule has 0 spiro atoms. The quantitative estimate of drug-likeness (QED) is 0.610. The number of hydrogen-bond donors (Lipinski definition) is 2. The molecule has 126 valence electrons. The second kappa shape index (κ2) is 8.05. The van der Waals surface area contributed by atoms with E-state index in [0.29, 0.717) is 31.8 Å². The first-order valence-electron chi connectivity index (χ1n) is 7.85. The van der Waals surface area contributed by atoms with Crippen molar-refractivity contribution in [2.24, 2.45) is 5.73 Å². The van der Waals surface area contributed by atoms with Crippen LogP contribution in [-0.4, -0.2) is 22.1 Å². The summed E-state index contributed by atoms with van der Waals surface area (Å²) in [5.74, 6) is 0.846. The van der Waals surface area contributed by atoms with Gasteiger partial charge in [0.2, 0.25) is 0 Å². The Labute approximate surface area is 144 Å². The minimum atomic E-state index is -0.000693. The molecule has 0 saturated carbocycles. The van der Waals surface area contributed by atoms with Gasteiger partial charge in [-0.25, -0.2) is 8.94 Å². The highest BCUT2D eigenvalue weighted by molar-refractivity contribution is 7.13. The maximum atomic E-state index is 12.2. The number of nitrogens with two attached hydrogens (primary N) is 1. The van der Waals surface area contributed by atoms with E-state index in [2.05, 4.69) is 10.3 Å². The number of rotatable bonds is 8. The fourth-order valence-corrected chi connectivity index (χ4v) is 3.20. The van der Waals surface area contributed by atoms with Crippen molar-refractivity contribution in [2.45, 2.75) is 19.6 Å². The van der Waals surface area contributed by atoms with Crippen LogP contribution in [0.2, 0.25) is 0 Å². The normalized spacial score (nSPS) is 11.0. The first kappa shape index (κ1) is 16.6. The van der Waals surface area contributed by atoms with Crippen molar-refractivity contribution in [2.75, 3.05) is 13.2 Å². The Morgan fingerprint density at radius 1 is 1.25 bits per heavy atom. The molecule has 3 N–H and O–H groups in total. The van der Waals surface area contributed by atoms with E-state index in [-0.39, 0.29) is 5.56 Å². The Balaban J connectivity index is 1.54. The molecule has 0 saturated heterocycles. The molecular weight excluding hydrogens is 324 g/mol. The van der Waals surface area contributed by atoms with E-state index in [0.717, 1.165) is 22.6 Å². The molecular formula is C17H20N4O2S. The minimum absolute atomic E-state index is 0.000693. The molecule has 3 rings (SSSR count). The highest BCUT2D eigenvalue weighted by atomic mass is 32.1. The van der Waals surface area contributed by atoms with Crippen LogP contribution >= 0.6 is 11.5 Å². The third-order valence-electron chi connectivity index (χ3n) is 3.55. The number of hydrogen-bond acceptors (Lipinski definition) is 6. The van der Waals surface area contributed by atoms with Gasteiger partial charge in [0.05, 0.1) is 18.7 Å². The summed E-state index contributed by atoms with van der Waals surface area (Å²) >= 11 is 1.37. The minimum Gasteiger partial charge on any atom is -0.494 e. The molecule has 0 atom stereocenters. The topological polar surface area (TPSA) is 82.2 Å². The Bertz CT molecular complexity index is 842. The number of pyridine rings is 1. The van der Waals surface area contributed by atoms with Gasteiger partial charge in [-0.2, -0.15) is 0 Å². The highest BCUT2D eigenvalue weighted by Crippen LogP contribution is 2.13. The van der Waals surface area contributed by atoms with Gasteiger partial charge in [-0.15, -0.1) is 0 Å². The zero-order valence-corrected chi connectivity index (χ0v) is 14.1. The largest absolute Gasteiger partial charge is 0.494 e. The first-order chi connectivity index (χ1) is 11.8. The number of aromatic nitrogens is 2. The van der Waals surface area contributed by atoms with Crippen LogP contribution in [0, 0.1) is 0 Å². The number of benzene rings is 1. The lowest BCUT2D eigenvalue weighted by atomic mass is 10.2. The van der Waals surface area contributed by atoms with Gasteiger partial charge in [0.1, 0.15) is 10.6 Å². The summed E-state index contributed by atoms with van der Waals surface area (Å²) in [5.41, 5.74) is 6.57. The Morgan fingerprint density at radius 2 is 2.08 bits per heavy atom. The molecule has 1 aromatic carbocycles. The predicted octanol–water partition coefficient (Wildman–Crippen LogP) is 1.93. The molecule has 2 heterocycles. The van der Waals surface area contributed by atoms with Crippen molar-refractivity contribution in [3.63, 3.8) is 0 Å². The van der Waals surface area contributed by atoms with Gasteiger partial charge in [0.25, 0.3) is 5.56 Å². The summed E-state index contributed by atoms with van der Waals surface area (Å²) in [7, 11) is 0. The Morgan fingerprint density at radius 3 is 2.83 bits per heavy atom. The molecule has 0 amide bonds. The zero-order chi connectivity index (χ0) is 16.8. The first-order valence-corrected chi connectivity index (χ1v) is 8.62. The summed E-state index contributed by atoms with van der Waals surface area (Å²) in [6, 6.07) is 11.5. The predicted molar refractivity (Wildman–Crippen MR) is 96.3 cm³/mol. The third-order valence-corrected chi connectivity index (χ3v) is 4.56. The van der Waals surface area contributed by atoms with E-state index < -0.39 is 0 Å². The number of nitrogens with zero attached hydrogens (tertiary/aromatic N) is 2. The van der Waals surface area contributed by atoms with Crippen molar-refractivity contribution in [1.29, 1.82) is 0 Å². The fraction of sp³-hybridized carbons (Fsp3) is 0.294. The van der Waals surface area contributed by atoms with Crippen molar-refractivity contribution >= 4 is 21.7 Å². The van der Waals surface area contributed by atoms with Crippen molar-refractivity contribution < 1.29 is 4.74 Å². The molecule has 24 heavy (non-hydrogen) atoms. The van der Waals surface area contributed by atoms with Crippen LogP contribution in [-0.2, 0) is 13.2 Å². The van der Waals surface area contributed by atoms with Crippen LogP contribution in [0.4, 0.5) is 0 Å². The van der Waals surface area contributed by atoms with E-state index in [1.54, 1.807) is 22.3 Å². The fourth-order valence-electron chi connectivity index (χ4n) is 2.29. The lowest BCUT2D eigenvalue weighted by Gasteiger charge is -2.07. The smallest absolute Gasteiger partial charge is 0.271 e. The molecule has 0 unspecified atom stereocenters. The maximum absolute atomic E-state index is 12.2. The second-order valence-electron chi connectivity index (χ2n) is 5.35. The Kier molecular flexibility index (Phi) is 5.58. The standard InChI is InChI=1S/C17H20N4O2S/c18-8-2-10-23-14-6-4-13(5-7-14)11-19-12-21-17(22)15-3-1-9-20-16(15)24-21/h1,3-7,9,19H,2,8,10-12,18H2. The van der Waals surface area contributed by atoms with Crippen LogP contribution in [0.25, 0.3) is 10.2 Å². The van der Waals surface area contributed by atoms with Crippen LogP contribution in [0.15, 0.2) is 47.4 Å². The van der Waals surface area contributed by atoms with Crippen molar-refractivity contribution in [3.05, 3.63) is 58.5 Å². The summed E-state index contributed by atoms with van der Waals surface area (Å²) in [6.45, 7) is 2.41. The van der Waals surface area contributed by atoms with E-state index in [1.165, 1.54) is 11.5 Å². The second-order valence-corrected chi connectivity index (χ2v) is 6.36. The molecule has 3 aromatic rings. The SMILES string of the molecule is NCCCOc1ccc(CNCn2sc3ncccc3c2=O)cc1. The molecule has 0 aliphatic heterocycles. The summed E-state index contributed by atoms with van der Waals surface area (Å²) < 4.78 is 7.26. The zero-order valence-electron chi connectivity index (χ0n) is 13.3. The van der Waals surface area contributed by atoms with E-state index >= 15 is 0 Å². The van der Waals surface area contributed by atoms with Gasteiger partial charge < -0.3 is 10.5 Å². The summed E-state index contributed by atoms with van der Waals surface area (Å²) in [5, 5.41) is 3.95. The van der Waals surface area contributed by atoms with Crippen LogP contribution in [0.1, 0.15) is 12.0 Å². The number of fused-ring (bicyclic) bond motifs is 1. The third kappa shape index (κ3) is 4.00. The van der Waals surface area contributed by atoms with Crippen molar-refractivity contribution in [3.8, 4) is 5.75 Å². The van der Waals surface area contributed by atoms with E-state index in [9.17, 15) is 4.79 Å². The lowest BCUT2D eigenvalue weighted by Crippen LogP contribution is -2.23. The summed E-state index contributed by atoms with van der Waals surface area (Å²) in [4.78, 5) is 17.2. The number of ether oxygens (including phenoxy) is 1. The molecule has 0 bridgehead atoms. The van der Waals surface area contributed by atoms with Gasteiger partial charge in [-0.3, -0.25) is 10.1 Å². The molecule has 0 fully saturated rings. The average molecular weight is 344 g/mol. The Hall–Kier alpha value is -2.22. The van der Waals surface area contributed by atoms with Gasteiger partial charge in [0.15, 0.2) is 0 Å². The van der Waals surface area contributed by atoms with Gasteiger partial charge >= 0.3 is 0 Å². The van der Waals surface area contributed by atoms with Crippen LogP contribution in [0.3, 0.4) is 0 Å².